The number of benzene rings is 3. The van der Waals surface area contributed by atoms with Gasteiger partial charge in [-0.15, -0.1) is 0 Å². The Morgan fingerprint density at radius 1 is 1.00 bits per heavy atom. The summed E-state index contributed by atoms with van der Waals surface area (Å²) in [6.45, 7) is 0.739. The first-order chi connectivity index (χ1) is 18.1. The molecule has 2 heterocycles. The van der Waals surface area contributed by atoms with Crippen molar-refractivity contribution in [1.82, 2.24) is 4.98 Å². The SMILES string of the molecule is O=C(O)C1(CC(O)c2ccc(-c3ccc(Nc4nc5cc(C(F)(F)F)ccc5o4)cc3)cc2)CCOCC1. The molecule has 38 heavy (non-hydrogen) atoms. The first kappa shape index (κ1) is 25.7. The van der Waals surface area contributed by atoms with Gasteiger partial charge in [-0.3, -0.25) is 4.79 Å². The van der Waals surface area contributed by atoms with Crippen LogP contribution in [0, 0.1) is 5.41 Å². The Kier molecular flexibility index (Phi) is 6.85. The summed E-state index contributed by atoms with van der Waals surface area (Å²) in [5, 5.41) is 23.5. The lowest BCUT2D eigenvalue weighted by Crippen LogP contribution is -2.38. The number of rotatable bonds is 7. The molecule has 10 heteroatoms. The number of fused-ring (bicyclic) bond motifs is 1. The van der Waals surface area contributed by atoms with Crippen molar-refractivity contribution in [1.29, 1.82) is 0 Å². The average molecular weight is 527 g/mol. The zero-order valence-electron chi connectivity index (χ0n) is 20.2. The van der Waals surface area contributed by atoms with Gasteiger partial charge >= 0.3 is 12.1 Å². The summed E-state index contributed by atoms with van der Waals surface area (Å²) in [6.07, 6.45) is -4.50. The molecule has 0 bridgehead atoms. The molecule has 7 nitrogen and oxygen atoms in total. The highest BCUT2D eigenvalue weighted by Crippen LogP contribution is 2.40. The van der Waals surface area contributed by atoms with E-state index in [1.807, 2.05) is 24.3 Å². The largest absolute Gasteiger partial charge is 0.481 e. The smallest absolute Gasteiger partial charge is 0.416 e. The number of anilines is 2. The number of carbonyl (C=O) groups is 1. The third kappa shape index (κ3) is 5.36. The predicted molar refractivity (Wildman–Crippen MR) is 134 cm³/mol. The van der Waals surface area contributed by atoms with E-state index in [0.717, 1.165) is 23.3 Å². The monoisotopic (exact) mass is 526 g/mol. The molecule has 0 aliphatic carbocycles. The zero-order chi connectivity index (χ0) is 26.9. The Hall–Kier alpha value is -3.89. The highest BCUT2D eigenvalue weighted by Gasteiger charge is 2.42. The van der Waals surface area contributed by atoms with Crippen LogP contribution >= 0.6 is 0 Å². The van der Waals surface area contributed by atoms with Crippen molar-refractivity contribution in [3.8, 4) is 11.1 Å². The first-order valence-electron chi connectivity index (χ1n) is 12.1. The molecule has 1 unspecified atom stereocenters. The number of aromatic nitrogens is 1. The van der Waals surface area contributed by atoms with Gasteiger partial charge < -0.3 is 24.7 Å². The molecular weight excluding hydrogens is 501 g/mol. The molecule has 5 rings (SSSR count). The van der Waals surface area contributed by atoms with E-state index in [4.69, 9.17) is 9.15 Å². The number of carboxylic acids is 1. The fourth-order valence-corrected chi connectivity index (χ4v) is 4.68. The van der Waals surface area contributed by atoms with Gasteiger partial charge in [0.05, 0.1) is 17.1 Å². The van der Waals surface area contributed by atoms with E-state index in [2.05, 4.69) is 10.3 Å². The molecule has 0 spiro atoms. The fraction of sp³-hybridized carbons (Fsp3) is 0.286. The molecule has 3 N–H and O–H groups in total. The standard InChI is InChI=1S/C28H25F3N2O5/c29-28(30,31)20-7-10-24-22(15-20)33-26(38-24)32-21-8-5-18(6-9-21)17-1-3-19(4-2-17)23(34)16-27(25(35)36)11-13-37-14-12-27/h1-10,15,23,34H,11-14,16H2,(H,32,33)(H,35,36). The Bertz CT molecular complexity index is 1430. The minimum absolute atomic E-state index is 0.0778. The molecule has 0 radical (unpaired) electrons. The van der Waals surface area contributed by atoms with Gasteiger partial charge in [0.15, 0.2) is 5.58 Å². The molecule has 1 aliphatic rings. The lowest BCUT2D eigenvalue weighted by atomic mass is 9.75. The summed E-state index contributed by atoms with van der Waals surface area (Å²) in [4.78, 5) is 16.0. The predicted octanol–water partition coefficient (Wildman–Crippen LogP) is 6.56. The van der Waals surface area contributed by atoms with E-state index in [-0.39, 0.29) is 23.5 Å². The quantitative estimate of drug-likeness (QED) is 0.250. The molecule has 1 aliphatic heterocycles. The number of carboxylic acid groups (broad SMARTS) is 1. The van der Waals surface area contributed by atoms with Crippen molar-refractivity contribution in [2.75, 3.05) is 18.5 Å². The molecule has 0 saturated carbocycles. The minimum atomic E-state index is -4.46. The highest BCUT2D eigenvalue weighted by atomic mass is 19.4. The Morgan fingerprint density at radius 3 is 2.24 bits per heavy atom. The number of aliphatic hydroxyl groups excluding tert-OH is 1. The van der Waals surface area contributed by atoms with Crippen molar-refractivity contribution in [3.05, 3.63) is 77.9 Å². The van der Waals surface area contributed by atoms with Crippen LogP contribution in [-0.4, -0.2) is 34.4 Å². The Balaban J connectivity index is 1.25. The van der Waals surface area contributed by atoms with Crippen LogP contribution in [0.3, 0.4) is 0 Å². The maximum atomic E-state index is 12.9. The van der Waals surface area contributed by atoms with Crippen LogP contribution in [0.1, 0.15) is 36.5 Å². The number of oxazole rings is 1. The van der Waals surface area contributed by atoms with Crippen molar-refractivity contribution >= 4 is 28.8 Å². The third-order valence-corrected chi connectivity index (χ3v) is 6.97. The summed E-state index contributed by atoms with van der Waals surface area (Å²) in [7, 11) is 0. The summed E-state index contributed by atoms with van der Waals surface area (Å²) < 4.78 is 49.6. The maximum Gasteiger partial charge on any atom is 0.416 e. The molecule has 198 valence electrons. The first-order valence-corrected chi connectivity index (χ1v) is 12.1. The Labute approximate surface area is 215 Å². The average Bonchev–Trinajstić information content (AvgIpc) is 3.31. The number of halogens is 3. The van der Waals surface area contributed by atoms with Gasteiger partial charge in [0, 0.05) is 18.9 Å². The number of hydrogen-bond acceptors (Lipinski definition) is 6. The molecule has 1 aromatic heterocycles. The summed E-state index contributed by atoms with van der Waals surface area (Å²) >= 11 is 0. The minimum Gasteiger partial charge on any atom is -0.481 e. The third-order valence-electron chi connectivity index (χ3n) is 6.97. The number of nitrogens with one attached hydrogen (secondary N) is 1. The van der Waals surface area contributed by atoms with Gasteiger partial charge in [-0.25, -0.2) is 0 Å². The second kappa shape index (κ2) is 10.1. The Morgan fingerprint density at radius 2 is 1.63 bits per heavy atom. The molecule has 4 aromatic rings. The molecule has 3 aromatic carbocycles. The van der Waals surface area contributed by atoms with Crippen LogP contribution in [-0.2, 0) is 15.7 Å². The van der Waals surface area contributed by atoms with Crippen LogP contribution in [0.15, 0.2) is 71.1 Å². The second-order valence-electron chi connectivity index (χ2n) is 9.44. The number of aliphatic carboxylic acids is 1. The molecule has 1 atom stereocenters. The number of aliphatic hydroxyl groups is 1. The van der Waals surface area contributed by atoms with Gasteiger partial charge in [0.2, 0.25) is 0 Å². The van der Waals surface area contributed by atoms with E-state index >= 15 is 0 Å². The highest BCUT2D eigenvalue weighted by molar-refractivity contribution is 5.77. The topological polar surface area (TPSA) is 105 Å². The summed E-state index contributed by atoms with van der Waals surface area (Å²) in [5.74, 6) is -0.908. The van der Waals surface area contributed by atoms with Gasteiger partial charge in [-0.1, -0.05) is 36.4 Å². The summed E-state index contributed by atoms with van der Waals surface area (Å²) in [5.41, 5.74) is 1.63. The lowest BCUT2D eigenvalue weighted by molar-refractivity contribution is -0.157. The van der Waals surface area contributed by atoms with Crippen LogP contribution in [0.2, 0.25) is 0 Å². The summed E-state index contributed by atoms with van der Waals surface area (Å²) in [6, 6.07) is 17.8. The normalized spacial score (nSPS) is 16.3. The number of ether oxygens (including phenoxy) is 1. The van der Waals surface area contributed by atoms with E-state index in [1.54, 1.807) is 24.3 Å². The van der Waals surface area contributed by atoms with Gasteiger partial charge in [-0.2, -0.15) is 18.2 Å². The number of nitrogens with zero attached hydrogens (tertiary/aromatic N) is 1. The van der Waals surface area contributed by atoms with E-state index < -0.39 is 29.2 Å². The van der Waals surface area contributed by atoms with Gasteiger partial charge in [0.25, 0.3) is 6.01 Å². The van der Waals surface area contributed by atoms with Crippen LogP contribution in [0.4, 0.5) is 24.9 Å². The van der Waals surface area contributed by atoms with Crippen molar-refractivity contribution in [2.45, 2.75) is 31.5 Å². The van der Waals surface area contributed by atoms with E-state index in [0.29, 0.717) is 37.3 Å². The number of hydrogen-bond donors (Lipinski definition) is 3. The van der Waals surface area contributed by atoms with Crippen molar-refractivity contribution < 1.29 is 37.3 Å². The van der Waals surface area contributed by atoms with E-state index in [1.165, 1.54) is 6.07 Å². The maximum absolute atomic E-state index is 12.9. The van der Waals surface area contributed by atoms with Gasteiger partial charge in [-0.05, 0) is 66.3 Å². The van der Waals surface area contributed by atoms with Crippen LogP contribution in [0.25, 0.3) is 22.2 Å². The molecule has 1 fully saturated rings. The molecule has 1 saturated heterocycles. The fourth-order valence-electron chi connectivity index (χ4n) is 4.68. The number of alkyl halides is 3. The van der Waals surface area contributed by atoms with E-state index in [9.17, 15) is 28.2 Å². The van der Waals surface area contributed by atoms with Crippen molar-refractivity contribution in [3.63, 3.8) is 0 Å². The van der Waals surface area contributed by atoms with Crippen LogP contribution in [0.5, 0.6) is 0 Å². The second-order valence-corrected chi connectivity index (χ2v) is 9.44. The zero-order valence-corrected chi connectivity index (χ0v) is 20.2. The molecule has 0 amide bonds. The lowest BCUT2D eigenvalue weighted by Gasteiger charge is -2.34. The van der Waals surface area contributed by atoms with Crippen LogP contribution < -0.4 is 5.32 Å². The van der Waals surface area contributed by atoms with Crippen molar-refractivity contribution in [2.24, 2.45) is 5.41 Å². The molecular formula is C28H25F3N2O5. The van der Waals surface area contributed by atoms with Gasteiger partial charge in [0.1, 0.15) is 5.52 Å².